The molecule has 0 amide bonds. The van der Waals surface area contributed by atoms with E-state index in [2.05, 4.69) is 14.7 Å². The van der Waals surface area contributed by atoms with E-state index in [1.54, 1.807) is 0 Å². The van der Waals surface area contributed by atoms with Crippen molar-refractivity contribution < 1.29 is 0 Å². The van der Waals surface area contributed by atoms with Gasteiger partial charge in [0.05, 0.1) is 16.7 Å². The highest BCUT2D eigenvalue weighted by Gasteiger charge is 2.16. The van der Waals surface area contributed by atoms with Crippen LogP contribution in [0.15, 0.2) is 24.5 Å². The number of hydrogen-bond acceptors (Lipinski definition) is 2. The number of nitrogens with zero attached hydrogens (tertiary/aromatic N) is 2. The van der Waals surface area contributed by atoms with Crippen molar-refractivity contribution in [1.29, 1.82) is 0 Å². The van der Waals surface area contributed by atoms with Gasteiger partial charge in [0, 0.05) is 12.6 Å². The Labute approximate surface area is 106 Å². The van der Waals surface area contributed by atoms with Crippen molar-refractivity contribution in [2.45, 2.75) is 19.3 Å². The lowest BCUT2D eigenvalue weighted by molar-refractivity contribution is 0.367. The van der Waals surface area contributed by atoms with Crippen molar-refractivity contribution in [3.8, 4) is 0 Å². The molecule has 0 radical (unpaired) electrons. The molecule has 90 valence electrons. The first kappa shape index (κ1) is 11.1. The topological polar surface area (TPSA) is 29.3 Å². The minimum Gasteiger partial charge on any atom is -0.317 e. The zero-order valence-electron chi connectivity index (χ0n) is 9.69. The van der Waals surface area contributed by atoms with Gasteiger partial charge in [-0.1, -0.05) is 11.6 Å². The summed E-state index contributed by atoms with van der Waals surface area (Å²) in [5.74, 6) is 1.88. The molecule has 0 aliphatic carbocycles. The van der Waals surface area contributed by atoms with Gasteiger partial charge < -0.3 is 9.72 Å². The van der Waals surface area contributed by atoms with Gasteiger partial charge in [-0.15, -0.1) is 0 Å². The molecule has 17 heavy (non-hydrogen) atoms. The maximum atomic E-state index is 6.14. The summed E-state index contributed by atoms with van der Waals surface area (Å²) in [5.41, 5.74) is 1.01. The summed E-state index contributed by atoms with van der Waals surface area (Å²) in [7, 11) is 0. The lowest BCUT2D eigenvalue weighted by Crippen LogP contribution is -2.29. The molecular weight excluding hydrogens is 234 g/mol. The third-order valence-electron chi connectivity index (χ3n) is 3.53. The molecule has 3 nitrogen and oxygen atoms in total. The second kappa shape index (κ2) is 4.67. The molecule has 1 aliphatic heterocycles. The quantitative estimate of drug-likeness (QED) is 0.886. The Morgan fingerprint density at radius 1 is 1.41 bits per heavy atom. The van der Waals surface area contributed by atoms with E-state index in [9.17, 15) is 0 Å². The number of pyridine rings is 1. The predicted octanol–water partition coefficient (Wildman–Crippen LogP) is 2.53. The molecule has 3 heterocycles. The number of piperidine rings is 1. The molecule has 2 aromatic heterocycles. The van der Waals surface area contributed by atoms with Gasteiger partial charge in [0.15, 0.2) is 0 Å². The zero-order valence-corrected chi connectivity index (χ0v) is 10.5. The predicted molar refractivity (Wildman–Crippen MR) is 69.5 cm³/mol. The molecule has 1 fully saturated rings. The molecule has 1 N–H and O–H groups in total. The monoisotopic (exact) mass is 249 g/mol. The Bertz CT molecular complexity index is 514. The fourth-order valence-corrected chi connectivity index (χ4v) is 2.75. The first-order chi connectivity index (χ1) is 8.34. The third-order valence-corrected chi connectivity index (χ3v) is 3.85. The van der Waals surface area contributed by atoms with Gasteiger partial charge in [0.25, 0.3) is 0 Å². The molecular formula is C13H16ClN3. The molecule has 3 rings (SSSR count). The fraction of sp³-hybridized carbons (Fsp3) is 0.462. The standard InChI is InChI=1S/C13H16ClN3/c14-11-2-1-7-17-12(11)9-16-13(17)8-10-3-5-15-6-4-10/h1-2,7,9-10,15H,3-6,8H2. The highest BCUT2D eigenvalue weighted by Crippen LogP contribution is 2.21. The van der Waals surface area contributed by atoms with E-state index >= 15 is 0 Å². The van der Waals surface area contributed by atoms with Crippen molar-refractivity contribution in [2.75, 3.05) is 13.1 Å². The summed E-state index contributed by atoms with van der Waals surface area (Å²) in [6.07, 6.45) is 7.46. The molecule has 1 saturated heterocycles. The molecule has 4 heteroatoms. The Kier molecular flexibility index (Phi) is 3.04. The Balaban J connectivity index is 1.87. The van der Waals surface area contributed by atoms with Crippen LogP contribution in [-0.4, -0.2) is 22.5 Å². The normalized spacial score (nSPS) is 17.7. The smallest absolute Gasteiger partial charge is 0.113 e. The van der Waals surface area contributed by atoms with Crippen molar-refractivity contribution >= 4 is 17.1 Å². The molecule has 1 aliphatic rings. The van der Waals surface area contributed by atoms with Crippen LogP contribution in [0.1, 0.15) is 18.7 Å². The number of imidazole rings is 1. The number of rotatable bonds is 2. The van der Waals surface area contributed by atoms with Gasteiger partial charge in [-0.05, 0) is 44.0 Å². The van der Waals surface area contributed by atoms with Gasteiger partial charge >= 0.3 is 0 Å². The van der Waals surface area contributed by atoms with Gasteiger partial charge in [0.1, 0.15) is 5.82 Å². The second-order valence-corrected chi connectivity index (χ2v) is 5.09. The second-order valence-electron chi connectivity index (χ2n) is 4.68. The van der Waals surface area contributed by atoms with Crippen molar-refractivity contribution in [2.24, 2.45) is 5.92 Å². The molecule has 0 spiro atoms. The first-order valence-corrected chi connectivity index (χ1v) is 6.53. The Morgan fingerprint density at radius 3 is 3.06 bits per heavy atom. The maximum Gasteiger partial charge on any atom is 0.113 e. The van der Waals surface area contributed by atoms with E-state index in [4.69, 9.17) is 11.6 Å². The molecule has 0 bridgehead atoms. The van der Waals surface area contributed by atoms with Crippen molar-refractivity contribution in [3.63, 3.8) is 0 Å². The minimum absolute atomic E-state index is 0.751. The summed E-state index contributed by atoms with van der Waals surface area (Å²) < 4.78 is 2.12. The van der Waals surface area contributed by atoms with Gasteiger partial charge in [0.2, 0.25) is 0 Å². The maximum absolute atomic E-state index is 6.14. The number of halogens is 1. The van der Waals surface area contributed by atoms with E-state index in [1.807, 2.05) is 24.5 Å². The van der Waals surface area contributed by atoms with E-state index < -0.39 is 0 Å². The SMILES string of the molecule is Clc1cccn2c(CC3CCNCC3)ncc12. The van der Waals surface area contributed by atoms with Gasteiger partial charge in [-0.2, -0.15) is 0 Å². The highest BCUT2D eigenvalue weighted by molar-refractivity contribution is 6.33. The molecule has 0 aromatic carbocycles. The van der Waals surface area contributed by atoms with Crippen LogP contribution in [0.2, 0.25) is 5.02 Å². The minimum atomic E-state index is 0.751. The average molecular weight is 250 g/mol. The van der Waals surface area contributed by atoms with Crippen LogP contribution >= 0.6 is 11.6 Å². The number of aromatic nitrogens is 2. The van der Waals surface area contributed by atoms with Gasteiger partial charge in [-0.3, -0.25) is 0 Å². The van der Waals surface area contributed by atoms with Crippen LogP contribution in [0.25, 0.3) is 5.52 Å². The summed E-state index contributed by atoms with van der Waals surface area (Å²) >= 11 is 6.14. The lowest BCUT2D eigenvalue weighted by atomic mass is 9.94. The van der Waals surface area contributed by atoms with Crippen LogP contribution in [0.3, 0.4) is 0 Å². The van der Waals surface area contributed by atoms with E-state index in [-0.39, 0.29) is 0 Å². The Hall–Kier alpha value is -1.06. The number of nitrogens with one attached hydrogen (secondary N) is 1. The lowest BCUT2D eigenvalue weighted by Gasteiger charge is -2.21. The number of fused-ring (bicyclic) bond motifs is 1. The Morgan fingerprint density at radius 2 is 2.24 bits per heavy atom. The summed E-state index contributed by atoms with van der Waals surface area (Å²) in [5, 5.41) is 4.17. The largest absolute Gasteiger partial charge is 0.317 e. The van der Waals surface area contributed by atoms with E-state index in [0.717, 1.165) is 41.8 Å². The van der Waals surface area contributed by atoms with Crippen LogP contribution < -0.4 is 5.32 Å². The third kappa shape index (κ3) is 2.17. The zero-order chi connectivity index (χ0) is 11.7. The van der Waals surface area contributed by atoms with Crippen LogP contribution in [0.4, 0.5) is 0 Å². The fourth-order valence-electron chi connectivity index (χ4n) is 2.54. The molecule has 2 aromatic rings. The summed E-state index contributed by atoms with van der Waals surface area (Å²) in [4.78, 5) is 4.51. The van der Waals surface area contributed by atoms with Crippen LogP contribution in [-0.2, 0) is 6.42 Å². The van der Waals surface area contributed by atoms with Crippen molar-refractivity contribution in [1.82, 2.24) is 14.7 Å². The molecule has 0 unspecified atom stereocenters. The number of hydrogen-bond donors (Lipinski definition) is 1. The summed E-state index contributed by atoms with van der Waals surface area (Å²) in [6.45, 7) is 2.27. The van der Waals surface area contributed by atoms with Gasteiger partial charge in [-0.25, -0.2) is 4.98 Å². The van der Waals surface area contributed by atoms with Crippen LogP contribution in [0, 0.1) is 5.92 Å². The molecule has 0 atom stereocenters. The average Bonchev–Trinajstić information content (AvgIpc) is 2.76. The van der Waals surface area contributed by atoms with E-state index in [1.165, 1.54) is 12.8 Å². The summed E-state index contributed by atoms with van der Waals surface area (Å²) in [6, 6.07) is 3.88. The highest BCUT2D eigenvalue weighted by atomic mass is 35.5. The van der Waals surface area contributed by atoms with E-state index in [0.29, 0.717) is 0 Å². The molecule has 0 saturated carbocycles. The van der Waals surface area contributed by atoms with Crippen LogP contribution in [0.5, 0.6) is 0 Å². The first-order valence-electron chi connectivity index (χ1n) is 6.16. The van der Waals surface area contributed by atoms with Crippen molar-refractivity contribution in [3.05, 3.63) is 35.4 Å².